The zero-order valence-electron chi connectivity index (χ0n) is 9.26. The van der Waals surface area contributed by atoms with Gasteiger partial charge in [-0.1, -0.05) is 0 Å². The zero-order valence-corrected chi connectivity index (χ0v) is 10.8. The summed E-state index contributed by atoms with van der Waals surface area (Å²) in [5, 5.41) is 8.74. The Labute approximate surface area is 108 Å². The minimum absolute atomic E-state index is 0.655. The summed E-state index contributed by atoms with van der Waals surface area (Å²) in [5.74, 6) is 0.845. The van der Waals surface area contributed by atoms with Crippen molar-refractivity contribution in [3.05, 3.63) is 52.6 Å². The predicted molar refractivity (Wildman–Crippen MR) is 71.2 cm³/mol. The van der Waals surface area contributed by atoms with Crippen molar-refractivity contribution in [2.24, 2.45) is 0 Å². The van der Waals surface area contributed by atoms with Gasteiger partial charge in [-0.3, -0.25) is 0 Å². The number of pyridine rings is 1. The highest BCUT2D eigenvalue weighted by molar-refractivity contribution is 9.10. The third-order valence-corrected chi connectivity index (χ3v) is 3.06. The highest BCUT2D eigenvalue weighted by atomic mass is 79.9. The van der Waals surface area contributed by atoms with Crippen molar-refractivity contribution in [3.8, 4) is 6.07 Å². The maximum Gasteiger partial charge on any atom is 0.147 e. The maximum absolute atomic E-state index is 8.74. The fourth-order valence-electron chi connectivity index (χ4n) is 1.51. The molecule has 0 atom stereocenters. The molecule has 17 heavy (non-hydrogen) atoms. The van der Waals surface area contributed by atoms with E-state index in [9.17, 15) is 0 Å². The molecule has 0 amide bonds. The molecule has 3 nitrogen and oxygen atoms in total. The Bertz CT molecular complexity index is 558. The molecular weight excluding hydrogens is 278 g/mol. The second-order valence-corrected chi connectivity index (χ2v) is 4.38. The van der Waals surface area contributed by atoms with E-state index in [2.05, 4.69) is 27.0 Å². The highest BCUT2D eigenvalue weighted by Gasteiger charge is 2.08. The Hall–Kier alpha value is -1.86. The van der Waals surface area contributed by atoms with Gasteiger partial charge in [0.05, 0.1) is 16.1 Å². The number of aromatic nitrogens is 1. The Balaban J connectivity index is 2.34. The van der Waals surface area contributed by atoms with Crippen LogP contribution in [0.3, 0.4) is 0 Å². The van der Waals surface area contributed by atoms with Crippen molar-refractivity contribution in [1.29, 1.82) is 5.26 Å². The molecule has 0 saturated heterocycles. The van der Waals surface area contributed by atoms with Crippen LogP contribution in [0.4, 0.5) is 11.5 Å². The molecular formula is C13H10BrN3. The maximum atomic E-state index is 8.74. The van der Waals surface area contributed by atoms with Crippen molar-refractivity contribution in [3.63, 3.8) is 0 Å². The number of hydrogen-bond donors (Lipinski definition) is 0. The number of halogens is 1. The van der Waals surface area contributed by atoms with E-state index < -0.39 is 0 Å². The van der Waals surface area contributed by atoms with Crippen molar-refractivity contribution >= 4 is 27.4 Å². The van der Waals surface area contributed by atoms with E-state index >= 15 is 0 Å². The first-order valence-corrected chi connectivity index (χ1v) is 5.86. The van der Waals surface area contributed by atoms with Gasteiger partial charge in [0.15, 0.2) is 0 Å². The lowest BCUT2D eigenvalue weighted by molar-refractivity contribution is 1.12. The summed E-state index contributed by atoms with van der Waals surface area (Å²) in [6.07, 6.45) is 1.75. The molecule has 0 fully saturated rings. The molecule has 0 saturated carbocycles. The van der Waals surface area contributed by atoms with Gasteiger partial charge in [-0.05, 0) is 52.3 Å². The molecule has 84 valence electrons. The van der Waals surface area contributed by atoms with Crippen LogP contribution < -0.4 is 4.90 Å². The van der Waals surface area contributed by atoms with Gasteiger partial charge in [-0.25, -0.2) is 4.98 Å². The quantitative estimate of drug-likeness (QED) is 0.849. The number of nitriles is 1. The molecule has 0 N–H and O–H groups in total. The fraction of sp³-hybridized carbons (Fsp3) is 0.0769. The van der Waals surface area contributed by atoms with Gasteiger partial charge in [0.1, 0.15) is 5.82 Å². The van der Waals surface area contributed by atoms with Gasteiger partial charge in [-0.2, -0.15) is 5.26 Å². The molecule has 0 aliphatic rings. The molecule has 0 spiro atoms. The summed E-state index contributed by atoms with van der Waals surface area (Å²) in [6, 6.07) is 13.3. The van der Waals surface area contributed by atoms with E-state index in [0.717, 1.165) is 16.0 Å². The molecule has 0 aliphatic carbocycles. The standard InChI is InChI=1S/C13H10BrN3/c1-17(13-12(14)3-2-8-16-13)11-6-4-10(9-15)5-7-11/h2-8H,1H3. The van der Waals surface area contributed by atoms with E-state index in [4.69, 9.17) is 5.26 Å². The number of anilines is 2. The summed E-state index contributed by atoms with van der Waals surface area (Å²) >= 11 is 3.47. The first-order chi connectivity index (χ1) is 8.22. The third kappa shape index (κ3) is 2.45. The average molecular weight is 288 g/mol. The minimum Gasteiger partial charge on any atom is -0.329 e. The van der Waals surface area contributed by atoms with Crippen LogP contribution in [0, 0.1) is 11.3 Å². The lowest BCUT2D eigenvalue weighted by Crippen LogP contribution is -2.11. The second-order valence-electron chi connectivity index (χ2n) is 3.53. The normalized spacial score (nSPS) is 9.71. The van der Waals surface area contributed by atoms with E-state index in [-0.39, 0.29) is 0 Å². The van der Waals surface area contributed by atoms with Crippen molar-refractivity contribution in [2.75, 3.05) is 11.9 Å². The second kappa shape index (κ2) is 4.98. The number of benzene rings is 1. The largest absolute Gasteiger partial charge is 0.329 e. The van der Waals surface area contributed by atoms with Crippen molar-refractivity contribution in [1.82, 2.24) is 4.98 Å². The van der Waals surface area contributed by atoms with E-state index in [1.54, 1.807) is 18.3 Å². The molecule has 1 aromatic heterocycles. The first kappa shape index (κ1) is 11.6. The van der Waals surface area contributed by atoms with Crippen molar-refractivity contribution in [2.45, 2.75) is 0 Å². The van der Waals surface area contributed by atoms with Crippen LogP contribution >= 0.6 is 15.9 Å². The minimum atomic E-state index is 0.655. The van der Waals surface area contributed by atoms with Gasteiger partial charge < -0.3 is 4.90 Å². The molecule has 0 radical (unpaired) electrons. The van der Waals surface area contributed by atoms with Crippen LogP contribution in [0.25, 0.3) is 0 Å². The summed E-state index contributed by atoms with van der Waals surface area (Å²) in [7, 11) is 1.94. The Morgan fingerprint density at radius 3 is 2.53 bits per heavy atom. The molecule has 1 aromatic carbocycles. The topological polar surface area (TPSA) is 39.9 Å². The van der Waals surface area contributed by atoms with Gasteiger partial charge >= 0.3 is 0 Å². The molecule has 0 aliphatic heterocycles. The van der Waals surface area contributed by atoms with Gasteiger partial charge in [0.25, 0.3) is 0 Å². The lowest BCUT2D eigenvalue weighted by Gasteiger charge is -2.19. The van der Waals surface area contributed by atoms with E-state index in [1.807, 2.05) is 36.2 Å². The molecule has 0 bridgehead atoms. The molecule has 0 unspecified atom stereocenters. The molecule has 4 heteroatoms. The first-order valence-electron chi connectivity index (χ1n) is 5.07. The van der Waals surface area contributed by atoms with E-state index in [1.165, 1.54) is 0 Å². The monoisotopic (exact) mass is 287 g/mol. The van der Waals surface area contributed by atoms with Crippen LogP contribution in [-0.4, -0.2) is 12.0 Å². The Morgan fingerprint density at radius 1 is 1.24 bits per heavy atom. The van der Waals surface area contributed by atoms with Crippen LogP contribution in [0.5, 0.6) is 0 Å². The number of nitrogens with zero attached hydrogens (tertiary/aromatic N) is 3. The molecule has 2 aromatic rings. The van der Waals surface area contributed by atoms with Crippen LogP contribution in [-0.2, 0) is 0 Å². The Kier molecular flexibility index (Phi) is 3.40. The van der Waals surface area contributed by atoms with Crippen LogP contribution in [0.2, 0.25) is 0 Å². The van der Waals surface area contributed by atoms with Gasteiger partial charge in [0.2, 0.25) is 0 Å². The van der Waals surface area contributed by atoms with E-state index in [0.29, 0.717) is 5.56 Å². The van der Waals surface area contributed by atoms with Crippen LogP contribution in [0.1, 0.15) is 5.56 Å². The Morgan fingerprint density at radius 2 is 1.94 bits per heavy atom. The summed E-state index contributed by atoms with van der Waals surface area (Å²) < 4.78 is 0.937. The fourth-order valence-corrected chi connectivity index (χ4v) is 2.03. The number of hydrogen-bond acceptors (Lipinski definition) is 3. The van der Waals surface area contributed by atoms with Gasteiger partial charge in [0, 0.05) is 18.9 Å². The number of rotatable bonds is 2. The predicted octanol–water partition coefficient (Wildman–Crippen LogP) is 3.48. The smallest absolute Gasteiger partial charge is 0.147 e. The highest BCUT2D eigenvalue weighted by Crippen LogP contribution is 2.28. The lowest BCUT2D eigenvalue weighted by atomic mass is 10.2. The summed E-state index contributed by atoms with van der Waals surface area (Å²) in [4.78, 5) is 6.27. The van der Waals surface area contributed by atoms with Gasteiger partial charge in [-0.15, -0.1) is 0 Å². The zero-order chi connectivity index (χ0) is 12.3. The third-order valence-electron chi connectivity index (χ3n) is 2.44. The van der Waals surface area contributed by atoms with Crippen LogP contribution in [0.15, 0.2) is 47.1 Å². The summed E-state index contributed by atoms with van der Waals surface area (Å²) in [6.45, 7) is 0. The van der Waals surface area contributed by atoms with Crippen molar-refractivity contribution < 1.29 is 0 Å². The SMILES string of the molecule is CN(c1ccc(C#N)cc1)c1ncccc1Br. The molecule has 1 heterocycles. The average Bonchev–Trinajstić information content (AvgIpc) is 2.39. The molecule has 2 rings (SSSR count). The summed E-state index contributed by atoms with van der Waals surface area (Å²) in [5.41, 5.74) is 1.64.